The highest BCUT2D eigenvalue weighted by molar-refractivity contribution is 6.14. The maximum absolute atomic E-state index is 2.34. The lowest BCUT2D eigenvalue weighted by Gasteiger charge is -2.12. The number of rotatable bonds is 4. The van der Waals surface area contributed by atoms with Gasteiger partial charge in [-0.05, 0) is 139 Å². The van der Waals surface area contributed by atoms with E-state index in [1.165, 1.54) is 109 Å². The minimum absolute atomic E-state index is 1.22. The van der Waals surface area contributed by atoms with Gasteiger partial charge in [0.1, 0.15) is 0 Å². The quantitative estimate of drug-likeness (QED) is 0.162. The molecule has 0 amide bonds. The first-order chi connectivity index (χ1) is 26.7. The fourth-order valence-electron chi connectivity index (χ4n) is 8.63. The molecule has 0 fully saturated rings. The van der Waals surface area contributed by atoms with Crippen LogP contribution in [0.2, 0.25) is 0 Å². The first kappa shape index (κ1) is 30.6. The number of benzene rings is 11. The molecule has 250 valence electrons. The van der Waals surface area contributed by atoms with Gasteiger partial charge < -0.3 is 0 Å². The third kappa shape index (κ3) is 5.07. The molecule has 0 N–H and O–H groups in total. The lowest BCUT2D eigenvalue weighted by Crippen LogP contribution is -1.86. The minimum Gasteiger partial charge on any atom is -0.0622 e. The highest BCUT2D eigenvalue weighted by atomic mass is 14.1. The minimum atomic E-state index is 1.22. The highest BCUT2D eigenvalue weighted by Gasteiger charge is 2.11. The van der Waals surface area contributed by atoms with Crippen LogP contribution in [0.4, 0.5) is 0 Å². The Kier molecular flexibility index (Phi) is 6.97. The molecule has 0 nitrogen and oxygen atoms in total. The van der Waals surface area contributed by atoms with Crippen molar-refractivity contribution in [2.75, 3.05) is 0 Å². The molecule has 0 unspecified atom stereocenters. The summed E-state index contributed by atoms with van der Waals surface area (Å²) in [6.07, 6.45) is 0. The normalized spacial score (nSPS) is 11.7. The molecule has 11 aromatic carbocycles. The summed E-state index contributed by atoms with van der Waals surface area (Å²) in [6.45, 7) is 0. The molecule has 0 aliphatic rings. The monoisotopic (exact) mass is 682 g/mol. The summed E-state index contributed by atoms with van der Waals surface area (Å²) in [6, 6.07) is 76.1. The molecular weight excluding hydrogens is 649 g/mol. The lowest BCUT2D eigenvalue weighted by molar-refractivity contribution is 1.63. The van der Waals surface area contributed by atoms with Gasteiger partial charge in [0.05, 0.1) is 0 Å². The Labute approximate surface area is 314 Å². The van der Waals surface area contributed by atoms with E-state index in [1.54, 1.807) is 0 Å². The first-order valence-electron chi connectivity index (χ1n) is 18.7. The third-order valence-corrected chi connectivity index (χ3v) is 11.4. The van der Waals surface area contributed by atoms with Crippen molar-refractivity contribution in [3.8, 4) is 44.5 Å². The second-order valence-corrected chi connectivity index (χ2v) is 14.5. The van der Waals surface area contributed by atoms with Crippen molar-refractivity contribution >= 4 is 64.6 Å². The number of fused-ring (bicyclic) bond motifs is 9. The largest absolute Gasteiger partial charge is 0.0622 e. The van der Waals surface area contributed by atoms with E-state index in [9.17, 15) is 0 Å². The molecule has 0 aromatic heterocycles. The van der Waals surface area contributed by atoms with Crippen molar-refractivity contribution in [3.63, 3.8) is 0 Å². The van der Waals surface area contributed by atoms with Crippen molar-refractivity contribution in [1.29, 1.82) is 0 Å². The molecule has 11 aromatic rings. The zero-order chi connectivity index (χ0) is 35.6. The molecule has 0 spiro atoms. The summed E-state index contributed by atoms with van der Waals surface area (Å²) < 4.78 is 0. The molecule has 54 heavy (non-hydrogen) atoms. The van der Waals surface area contributed by atoms with E-state index in [-0.39, 0.29) is 0 Å². The molecule has 0 saturated heterocycles. The molecule has 11 rings (SSSR count). The Morgan fingerprint density at radius 1 is 0.167 bits per heavy atom. The molecule has 0 atom stereocenters. The van der Waals surface area contributed by atoms with Gasteiger partial charge in [-0.25, -0.2) is 0 Å². The molecule has 0 aliphatic heterocycles. The van der Waals surface area contributed by atoms with Gasteiger partial charge in [0.2, 0.25) is 0 Å². The van der Waals surface area contributed by atoms with Crippen LogP contribution >= 0.6 is 0 Å². The van der Waals surface area contributed by atoms with Crippen molar-refractivity contribution in [2.45, 2.75) is 0 Å². The molecule has 0 aliphatic carbocycles. The van der Waals surface area contributed by atoms with Gasteiger partial charge in [-0.15, -0.1) is 0 Å². The molecule has 0 heterocycles. The molecule has 0 saturated carbocycles. The fourth-order valence-corrected chi connectivity index (χ4v) is 8.63. The zero-order valence-electron chi connectivity index (χ0n) is 29.6. The van der Waals surface area contributed by atoms with Crippen LogP contribution in [0, 0.1) is 0 Å². The van der Waals surface area contributed by atoms with E-state index < -0.39 is 0 Å². The van der Waals surface area contributed by atoms with Crippen molar-refractivity contribution in [3.05, 3.63) is 206 Å². The average Bonchev–Trinajstić information content (AvgIpc) is 3.25. The van der Waals surface area contributed by atoms with Gasteiger partial charge in [-0.2, -0.15) is 0 Å². The molecule has 0 bridgehead atoms. The maximum Gasteiger partial charge on any atom is -0.00990 e. The van der Waals surface area contributed by atoms with Gasteiger partial charge >= 0.3 is 0 Å². The van der Waals surface area contributed by atoms with E-state index in [0.717, 1.165) is 0 Å². The Morgan fingerprint density at radius 2 is 0.500 bits per heavy atom. The van der Waals surface area contributed by atoms with Crippen LogP contribution in [0.25, 0.3) is 109 Å². The van der Waals surface area contributed by atoms with Crippen LogP contribution in [-0.2, 0) is 0 Å². The van der Waals surface area contributed by atoms with Gasteiger partial charge in [-0.3, -0.25) is 0 Å². The number of hydrogen-bond donors (Lipinski definition) is 0. The predicted octanol–water partition coefficient (Wildman–Crippen LogP) is 15.3. The first-order valence-corrected chi connectivity index (χ1v) is 18.7. The summed E-state index contributed by atoms with van der Waals surface area (Å²) in [5.41, 5.74) is 9.93. The van der Waals surface area contributed by atoms with Gasteiger partial charge in [-0.1, -0.05) is 176 Å². The smallest absolute Gasteiger partial charge is 0.00990 e. The standard InChI is InChI=1S/C54H34/c1-2-8-35(9-3-1)38-22-26-48-43(30-38)18-20-45-32-40(24-28-50(45)48)41-25-29-51-46(33-41)21-19-44-31-39(23-27-49(44)51)36-14-16-37(17-15-36)54-34-42-10-4-5-11-47(42)52-12-6-7-13-53(52)54/h1-34H. The van der Waals surface area contributed by atoms with E-state index in [0.29, 0.717) is 0 Å². The van der Waals surface area contributed by atoms with Gasteiger partial charge in [0, 0.05) is 0 Å². The van der Waals surface area contributed by atoms with E-state index in [1.807, 2.05) is 0 Å². The number of hydrogen-bond acceptors (Lipinski definition) is 0. The summed E-state index contributed by atoms with van der Waals surface area (Å²) >= 11 is 0. The molecule has 0 radical (unpaired) electrons. The third-order valence-electron chi connectivity index (χ3n) is 11.4. The predicted molar refractivity (Wildman–Crippen MR) is 233 cm³/mol. The van der Waals surface area contributed by atoms with E-state index >= 15 is 0 Å². The Bertz CT molecular complexity index is 3240. The Hall–Kier alpha value is -7.02. The van der Waals surface area contributed by atoms with E-state index in [4.69, 9.17) is 0 Å². The van der Waals surface area contributed by atoms with Crippen molar-refractivity contribution in [2.24, 2.45) is 0 Å². The van der Waals surface area contributed by atoms with Crippen LogP contribution in [0.15, 0.2) is 206 Å². The SMILES string of the molecule is c1ccc(-c2ccc3c(ccc4cc(-c5ccc6c(ccc7cc(-c8ccc(-c9cc%10ccccc%10c%10ccccc9%10)cc8)ccc76)c5)ccc43)c2)cc1. The molecular formula is C54H34. The fraction of sp³-hybridized carbons (Fsp3) is 0. The molecule has 0 heteroatoms. The summed E-state index contributed by atoms with van der Waals surface area (Å²) in [5, 5.41) is 15.3. The Balaban J connectivity index is 0.903. The van der Waals surface area contributed by atoms with Crippen molar-refractivity contribution < 1.29 is 0 Å². The van der Waals surface area contributed by atoms with Crippen LogP contribution in [0.3, 0.4) is 0 Å². The zero-order valence-corrected chi connectivity index (χ0v) is 29.6. The Morgan fingerprint density at radius 3 is 1.02 bits per heavy atom. The van der Waals surface area contributed by atoms with Crippen LogP contribution in [0.5, 0.6) is 0 Å². The summed E-state index contributed by atoms with van der Waals surface area (Å²) in [4.78, 5) is 0. The highest BCUT2D eigenvalue weighted by Crippen LogP contribution is 2.38. The second-order valence-electron chi connectivity index (χ2n) is 14.5. The van der Waals surface area contributed by atoms with Crippen LogP contribution in [-0.4, -0.2) is 0 Å². The van der Waals surface area contributed by atoms with Gasteiger partial charge in [0.15, 0.2) is 0 Å². The van der Waals surface area contributed by atoms with Crippen LogP contribution in [0.1, 0.15) is 0 Å². The summed E-state index contributed by atoms with van der Waals surface area (Å²) in [5.74, 6) is 0. The second kappa shape index (κ2) is 12.3. The maximum atomic E-state index is 2.34. The van der Waals surface area contributed by atoms with Crippen molar-refractivity contribution in [1.82, 2.24) is 0 Å². The summed E-state index contributed by atoms with van der Waals surface area (Å²) in [7, 11) is 0. The van der Waals surface area contributed by atoms with Crippen LogP contribution < -0.4 is 0 Å². The van der Waals surface area contributed by atoms with Gasteiger partial charge in [0.25, 0.3) is 0 Å². The van der Waals surface area contributed by atoms with E-state index in [2.05, 4.69) is 206 Å². The average molecular weight is 683 g/mol. The topological polar surface area (TPSA) is 0 Å². The lowest BCUT2D eigenvalue weighted by atomic mass is 9.91.